The van der Waals surface area contributed by atoms with Crippen LogP contribution in [0.4, 0.5) is 5.69 Å². The van der Waals surface area contributed by atoms with E-state index >= 15 is 0 Å². The van der Waals surface area contributed by atoms with Crippen molar-refractivity contribution in [1.82, 2.24) is 4.72 Å². The van der Waals surface area contributed by atoms with Crippen molar-refractivity contribution in [2.45, 2.75) is 23.8 Å². The Kier molecular flexibility index (Phi) is 3.58. The standard InChI is InChI=1S/C12H16N2O3S/c1-17-11-7-6-9(13)8-12(11)18(15,16)14-10-4-2-3-5-10/h2-3,6-8,10,14H,4-5,13H2,1H3. The van der Waals surface area contributed by atoms with Crippen LogP contribution in [0.3, 0.4) is 0 Å². The van der Waals surface area contributed by atoms with Gasteiger partial charge in [0.2, 0.25) is 10.0 Å². The molecular formula is C12H16N2O3S. The van der Waals surface area contributed by atoms with E-state index in [0.29, 0.717) is 24.3 Å². The number of hydrogen-bond donors (Lipinski definition) is 2. The van der Waals surface area contributed by atoms with Crippen molar-refractivity contribution in [2.24, 2.45) is 0 Å². The third kappa shape index (κ3) is 2.65. The average Bonchev–Trinajstić information content (AvgIpc) is 2.81. The lowest BCUT2D eigenvalue weighted by Crippen LogP contribution is -2.33. The maximum atomic E-state index is 12.2. The quantitative estimate of drug-likeness (QED) is 0.636. The molecule has 6 heteroatoms. The van der Waals surface area contributed by atoms with Crippen LogP contribution in [0.1, 0.15) is 12.8 Å². The zero-order chi connectivity index (χ0) is 13.2. The molecule has 5 nitrogen and oxygen atoms in total. The topological polar surface area (TPSA) is 81.4 Å². The van der Waals surface area contributed by atoms with Crippen molar-refractivity contribution in [3.05, 3.63) is 30.4 Å². The number of methoxy groups -OCH3 is 1. The molecule has 1 aromatic rings. The summed E-state index contributed by atoms with van der Waals surface area (Å²) in [6, 6.07) is 4.48. The minimum absolute atomic E-state index is 0.0805. The van der Waals surface area contributed by atoms with Crippen LogP contribution in [0.15, 0.2) is 35.2 Å². The van der Waals surface area contributed by atoms with Gasteiger partial charge in [0.25, 0.3) is 0 Å². The highest BCUT2D eigenvalue weighted by Gasteiger charge is 2.24. The molecule has 0 radical (unpaired) electrons. The predicted molar refractivity (Wildman–Crippen MR) is 69.9 cm³/mol. The summed E-state index contributed by atoms with van der Waals surface area (Å²) in [6.07, 6.45) is 5.35. The Hall–Kier alpha value is -1.53. The smallest absolute Gasteiger partial charge is 0.244 e. The normalized spacial score (nSPS) is 16.1. The molecule has 18 heavy (non-hydrogen) atoms. The largest absolute Gasteiger partial charge is 0.495 e. The van der Waals surface area contributed by atoms with Gasteiger partial charge in [-0.3, -0.25) is 0 Å². The third-order valence-corrected chi connectivity index (χ3v) is 4.35. The number of nitrogens with one attached hydrogen (secondary N) is 1. The first-order chi connectivity index (χ1) is 8.53. The SMILES string of the molecule is COc1ccc(N)cc1S(=O)(=O)NC1CC=CC1. The van der Waals surface area contributed by atoms with Crippen LogP contribution in [0, 0.1) is 0 Å². The fourth-order valence-corrected chi connectivity index (χ4v) is 3.37. The maximum absolute atomic E-state index is 12.2. The van der Waals surface area contributed by atoms with E-state index < -0.39 is 10.0 Å². The van der Waals surface area contributed by atoms with Crippen molar-refractivity contribution in [1.29, 1.82) is 0 Å². The summed E-state index contributed by atoms with van der Waals surface area (Å²) in [5, 5.41) is 0. The van der Waals surface area contributed by atoms with E-state index in [4.69, 9.17) is 10.5 Å². The lowest BCUT2D eigenvalue weighted by atomic mass is 10.3. The lowest BCUT2D eigenvalue weighted by molar-refractivity contribution is 0.402. The molecule has 0 bridgehead atoms. The minimum atomic E-state index is -3.60. The Morgan fingerprint density at radius 2 is 2.00 bits per heavy atom. The molecule has 0 spiro atoms. The lowest BCUT2D eigenvalue weighted by Gasteiger charge is -2.15. The molecule has 0 aromatic heterocycles. The Morgan fingerprint density at radius 1 is 1.33 bits per heavy atom. The van der Waals surface area contributed by atoms with Crippen LogP contribution in [-0.4, -0.2) is 21.6 Å². The van der Waals surface area contributed by atoms with Gasteiger partial charge in [-0.25, -0.2) is 13.1 Å². The van der Waals surface area contributed by atoms with Crippen LogP contribution in [0.2, 0.25) is 0 Å². The van der Waals surface area contributed by atoms with E-state index in [1.165, 1.54) is 13.2 Å². The second-order valence-electron chi connectivity index (χ2n) is 4.17. The molecule has 0 unspecified atom stereocenters. The van der Waals surface area contributed by atoms with Crippen molar-refractivity contribution in [3.63, 3.8) is 0 Å². The summed E-state index contributed by atoms with van der Waals surface area (Å²) in [5.74, 6) is 0.294. The van der Waals surface area contributed by atoms with Gasteiger partial charge in [-0.1, -0.05) is 12.2 Å². The number of nitrogens with two attached hydrogens (primary N) is 1. The molecular weight excluding hydrogens is 252 g/mol. The second kappa shape index (κ2) is 4.99. The highest BCUT2D eigenvalue weighted by atomic mass is 32.2. The molecule has 3 N–H and O–H groups in total. The van der Waals surface area contributed by atoms with Gasteiger partial charge in [0.15, 0.2) is 0 Å². The summed E-state index contributed by atoms with van der Waals surface area (Å²) in [6.45, 7) is 0. The van der Waals surface area contributed by atoms with Gasteiger partial charge in [-0.2, -0.15) is 0 Å². The summed E-state index contributed by atoms with van der Waals surface area (Å²) >= 11 is 0. The monoisotopic (exact) mass is 268 g/mol. The predicted octanol–water partition coefficient (Wildman–Crippen LogP) is 1.27. The molecule has 0 atom stereocenters. The van der Waals surface area contributed by atoms with Gasteiger partial charge in [0.05, 0.1) is 7.11 Å². The molecule has 98 valence electrons. The summed E-state index contributed by atoms with van der Waals surface area (Å²) in [5.41, 5.74) is 6.02. The maximum Gasteiger partial charge on any atom is 0.244 e. The molecule has 0 saturated heterocycles. The first-order valence-corrected chi connectivity index (χ1v) is 7.12. The van der Waals surface area contributed by atoms with Gasteiger partial charge in [-0.05, 0) is 31.0 Å². The van der Waals surface area contributed by atoms with E-state index in [9.17, 15) is 8.42 Å². The number of nitrogen functional groups attached to an aromatic ring is 1. The molecule has 2 rings (SSSR count). The number of benzene rings is 1. The number of sulfonamides is 1. The minimum Gasteiger partial charge on any atom is -0.495 e. The van der Waals surface area contributed by atoms with E-state index in [2.05, 4.69) is 4.72 Å². The van der Waals surface area contributed by atoms with Gasteiger partial charge >= 0.3 is 0 Å². The van der Waals surface area contributed by atoms with Gasteiger partial charge in [0, 0.05) is 11.7 Å². The van der Waals surface area contributed by atoms with E-state index in [0.717, 1.165) is 0 Å². The number of ether oxygens (including phenoxy) is 1. The Balaban J connectivity index is 2.31. The third-order valence-electron chi connectivity index (χ3n) is 2.81. The first kappa shape index (κ1) is 12.9. The molecule has 1 aromatic carbocycles. The van der Waals surface area contributed by atoms with Crippen LogP contribution in [-0.2, 0) is 10.0 Å². The fraction of sp³-hybridized carbons (Fsp3) is 0.333. The zero-order valence-electron chi connectivity index (χ0n) is 10.1. The molecule has 0 fully saturated rings. The van der Waals surface area contributed by atoms with Crippen molar-refractivity contribution in [3.8, 4) is 5.75 Å². The molecule has 0 heterocycles. The van der Waals surface area contributed by atoms with E-state index in [1.807, 2.05) is 12.2 Å². The number of hydrogen-bond acceptors (Lipinski definition) is 4. The Bertz CT molecular complexity index is 559. The highest BCUT2D eigenvalue weighted by Crippen LogP contribution is 2.26. The molecule has 0 aliphatic heterocycles. The number of rotatable bonds is 4. The van der Waals surface area contributed by atoms with Crippen LogP contribution >= 0.6 is 0 Å². The Labute approximate surface area is 107 Å². The van der Waals surface area contributed by atoms with Gasteiger partial charge in [0.1, 0.15) is 10.6 Å². The summed E-state index contributed by atoms with van der Waals surface area (Å²) in [4.78, 5) is 0.0805. The van der Waals surface area contributed by atoms with Gasteiger partial charge in [-0.15, -0.1) is 0 Å². The number of anilines is 1. The average molecular weight is 268 g/mol. The van der Waals surface area contributed by atoms with Crippen LogP contribution < -0.4 is 15.2 Å². The zero-order valence-corrected chi connectivity index (χ0v) is 10.9. The highest BCUT2D eigenvalue weighted by molar-refractivity contribution is 7.89. The molecule has 0 saturated carbocycles. The second-order valence-corrected chi connectivity index (χ2v) is 5.85. The molecule has 1 aliphatic rings. The first-order valence-electron chi connectivity index (χ1n) is 5.64. The van der Waals surface area contributed by atoms with E-state index in [1.54, 1.807) is 12.1 Å². The van der Waals surface area contributed by atoms with Crippen molar-refractivity contribution < 1.29 is 13.2 Å². The van der Waals surface area contributed by atoms with Crippen LogP contribution in [0.5, 0.6) is 5.75 Å². The summed E-state index contributed by atoms with van der Waals surface area (Å²) in [7, 11) is -2.17. The van der Waals surface area contributed by atoms with Crippen molar-refractivity contribution >= 4 is 15.7 Å². The van der Waals surface area contributed by atoms with Gasteiger partial charge < -0.3 is 10.5 Å². The fourth-order valence-electron chi connectivity index (χ4n) is 1.90. The summed E-state index contributed by atoms with van der Waals surface area (Å²) < 4.78 is 32.2. The molecule has 1 aliphatic carbocycles. The Morgan fingerprint density at radius 3 is 2.61 bits per heavy atom. The molecule has 0 amide bonds. The van der Waals surface area contributed by atoms with E-state index in [-0.39, 0.29) is 10.9 Å². The van der Waals surface area contributed by atoms with Crippen LogP contribution in [0.25, 0.3) is 0 Å². The van der Waals surface area contributed by atoms with Crippen molar-refractivity contribution in [2.75, 3.05) is 12.8 Å².